The van der Waals surface area contributed by atoms with E-state index in [2.05, 4.69) is 10.3 Å². The SMILES string of the molecule is Cc1ccc(C(=O)Nc2cccc(-c3cn4cccc(C)c4n3)c2)c2ncccc12. The monoisotopic (exact) mass is 392 g/mol. The molecular weight excluding hydrogens is 372 g/mol. The van der Waals surface area contributed by atoms with Crippen LogP contribution in [0.2, 0.25) is 0 Å². The zero-order valence-corrected chi connectivity index (χ0v) is 16.8. The molecule has 0 saturated carbocycles. The second kappa shape index (κ2) is 7.12. The topological polar surface area (TPSA) is 59.3 Å². The molecule has 0 aliphatic heterocycles. The Morgan fingerprint density at radius 3 is 2.73 bits per heavy atom. The standard InChI is InChI=1S/C25H20N4O/c1-16-10-11-21(23-20(16)9-4-12-26-23)25(30)27-19-8-3-7-18(14-19)22-15-29-13-5-6-17(2)24(29)28-22/h3-15H,1-2H3,(H,27,30). The minimum atomic E-state index is -0.179. The molecule has 3 aromatic heterocycles. The smallest absolute Gasteiger partial charge is 0.257 e. The van der Waals surface area contributed by atoms with E-state index in [1.807, 2.05) is 91.3 Å². The van der Waals surface area contributed by atoms with Crippen LogP contribution in [-0.4, -0.2) is 20.3 Å². The Kier molecular flexibility index (Phi) is 4.29. The zero-order chi connectivity index (χ0) is 20.7. The van der Waals surface area contributed by atoms with Gasteiger partial charge < -0.3 is 9.72 Å². The van der Waals surface area contributed by atoms with Crippen molar-refractivity contribution in [2.45, 2.75) is 13.8 Å². The van der Waals surface area contributed by atoms with E-state index < -0.39 is 0 Å². The number of aryl methyl sites for hydroxylation is 2. The van der Waals surface area contributed by atoms with Crippen LogP contribution in [0.25, 0.3) is 27.8 Å². The normalized spacial score (nSPS) is 11.1. The number of fused-ring (bicyclic) bond motifs is 2. The molecule has 5 aromatic rings. The molecule has 0 spiro atoms. The number of amides is 1. The van der Waals surface area contributed by atoms with Gasteiger partial charge in [0.05, 0.1) is 16.8 Å². The predicted molar refractivity (Wildman–Crippen MR) is 120 cm³/mol. The highest BCUT2D eigenvalue weighted by Gasteiger charge is 2.13. The number of hydrogen-bond acceptors (Lipinski definition) is 3. The Labute approximate surface area is 174 Å². The van der Waals surface area contributed by atoms with E-state index in [0.29, 0.717) is 11.1 Å². The number of rotatable bonds is 3. The molecule has 3 heterocycles. The van der Waals surface area contributed by atoms with Crippen molar-refractivity contribution in [3.8, 4) is 11.3 Å². The molecule has 1 amide bonds. The Hall–Kier alpha value is -3.99. The molecule has 0 aliphatic rings. The summed E-state index contributed by atoms with van der Waals surface area (Å²) < 4.78 is 2.01. The lowest BCUT2D eigenvalue weighted by Crippen LogP contribution is -2.13. The molecule has 5 nitrogen and oxygen atoms in total. The number of imidazole rings is 1. The van der Waals surface area contributed by atoms with Crippen molar-refractivity contribution < 1.29 is 4.79 Å². The van der Waals surface area contributed by atoms with Gasteiger partial charge in [-0.1, -0.05) is 30.3 Å². The first-order chi connectivity index (χ1) is 14.6. The summed E-state index contributed by atoms with van der Waals surface area (Å²) in [5, 5.41) is 4.00. The summed E-state index contributed by atoms with van der Waals surface area (Å²) in [6.45, 7) is 4.06. The first-order valence-electron chi connectivity index (χ1n) is 9.80. The Morgan fingerprint density at radius 2 is 1.87 bits per heavy atom. The van der Waals surface area contributed by atoms with Crippen LogP contribution in [0.3, 0.4) is 0 Å². The summed E-state index contributed by atoms with van der Waals surface area (Å²) in [7, 11) is 0. The van der Waals surface area contributed by atoms with Crippen molar-refractivity contribution in [3.63, 3.8) is 0 Å². The van der Waals surface area contributed by atoms with Crippen molar-refractivity contribution in [1.82, 2.24) is 14.4 Å². The lowest BCUT2D eigenvalue weighted by molar-refractivity contribution is 0.102. The maximum atomic E-state index is 13.0. The highest BCUT2D eigenvalue weighted by atomic mass is 16.1. The Balaban J connectivity index is 1.48. The fourth-order valence-electron chi connectivity index (χ4n) is 3.75. The average Bonchev–Trinajstić information content (AvgIpc) is 3.20. The fraction of sp³-hybridized carbons (Fsp3) is 0.0800. The molecule has 0 bridgehead atoms. The number of pyridine rings is 2. The maximum absolute atomic E-state index is 13.0. The molecule has 0 aliphatic carbocycles. The fourth-order valence-corrected chi connectivity index (χ4v) is 3.75. The van der Waals surface area contributed by atoms with E-state index in [9.17, 15) is 4.79 Å². The second-order valence-corrected chi connectivity index (χ2v) is 7.41. The summed E-state index contributed by atoms with van der Waals surface area (Å²) in [4.78, 5) is 22.2. The minimum absolute atomic E-state index is 0.179. The van der Waals surface area contributed by atoms with Crippen molar-refractivity contribution in [2.75, 3.05) is 5.32 Å². The first-order valence-corrected chi connectivity index (χ1v) is 9.80. The first kappa shape index (κ1) is 18.1. The molecule has 0 atom stereocenters. The summed E-state index contributed by atoms with van der Waals surface area (Å²) in [6.07, 6.45) is 5.70. The number of nitrogens with one attached hydrogen (secondary N) is 1. The number of aromatic nitrogens is 3. The summed E-state index contributed by atoms with van der Waals surface area (Å²) in [5.41, 5.74) is 6.94. The molecule has 2 aromatic carbocycles. The highest BCUT2D eigenvalue weighted by molar-refractivity contribution is 6.12. The van der Waals surface area contributed by atoms with E-state index in [-0.39, 0.29) is 5.91 Å². The molecule has 0 fully saturated rings. The van der Waals surface area contributed by atoms with Gasteiger partial charge in [0.15, 0.2) is 0 Å². The van der Waals surface area contributed by atoms with E-state index in [1.54, 1.807) is 6.20 Å². The summed E-state index contributed by atoms with van der Waals surface area (Å²) in [6, 6.07) is 19.4. The van der Waals surface area contributed by atoms with Gasteiger partial charge in [0.1, 0.15) is 5.65 Å². The van der Waals surface area contributed by atoms with E-state index >= 15 is 0 Å². The average molecular weight is 392 g/mol. The van der Waals surface area contributed by atoms with Gasteiger partial charge >= 0.3 is 0 Å². The third-order valence-electron chi connectivity index (χ3n) is 5.33. The van der Waals surface area contributed by atoms with Crippen LogP contribution >= 0.6 is 0 Å². The molecular formula is C25H20N4O. The maximum Gasteiger partial charge on any atom is 0.257 e. The van der Waals surface area contributed by atoms with Gasteiger partial charge in [-0.05, 0) is 55.3 Å². The van der Waals surface area contributed by atoms with Crippen LogP contribution in [0.4, 0.5) is 5.69 Å². The molecule has 1 N–H and O–H groups in total. The van der Waals surface area contributed by atoms with E-state index in [4.69, 9.17) is 4.98 Å². The Morgan fingerprint density at radius 1 is 0.967 bits per heavy atom. The van der Waals surface area contributed by atoms with Crippen molar-refractivity contribution in [1.29, 1.82) is 0 Å². The number of benzene rings is 2. The number of carbonyl (C=O) groups is 1. The van der Waals surface area contributed by atoms with E-state index in [0.717, 1.165) is 39.1 Å². The molecule has 0 radical (unpaired) electrons. The largest absolute Gasteiger partial charge is 0.322 e. The van der Waals surface area contributed by atoms with Crippen molar-refractivity contribution in [2.24, 2.45) is 0 Å². The summed E-state index contributed by atoms with van der Waals surface area (Å²) >= 11 is 0. The van der Waals surface area contributed by atoms with Gasteiger partial charge in [0.25, 0.3) is 5.91 Å². The predicted octanol–water partition coefficient (Wildman–Crippen LogP) is 5.42. The quantitative estimate of drug-likeness (QED) is 0.446. The van der Waals surface area contributed by atoms with Crippen LogP contribution in [0.5, 0.6) is 0 Å². The molecule has 30 heavy (non-hydrogen) atoms. The van der Waals surface area contributed by atoms with Crippen LogP contribution in [0.1, 0.15) is 21.5 Å². The van der Waals surface area contributed by atoms with Gasteiger partial charge in [0, 0.05) is 35.2 Å². The third-order valence-corrected chi connectivity index (χ3v) is 5.33. The van der Waals surface area contributed by atoms with Gasteiger partial charge in [-0.15, -0.1) is 0 Å². The third kappa shape index (κ3) is 3.10. The Bertz CT molecular complexity index is 1420. The van der Waals surface area contributed by atoms with Gasteiger partial charge in [-0.2, -0.15) is 0 Å². The van der Waals surface area contributed by atoms with Gasteiger partial charge in [-0.25, -0.2) is 4.98 Å². The zero-order valence-electron chi connectivity index (χ0n) is 16.8. The van der Waals surface area contributed by atoms with Gasteiger partial charge in [-0.3, -0.25) is 9.78 Å². The molecule has 0 unspecified atom stereocenters. The summed E-state index contributed by atoms with van der Waals surface area (Å²) in [5.74, 6) is -0.179. The van der Waals surface area contributed by atoms with Crippen LogP contribution in [0, 0.1) is 13.8 Å². The van der Waals surface area contributed by atoms with Crippen LogP contribution in [0.15, 0.2) is 79.3 Å². The van der Waals surface area contributed by atoms with Crippen LogP contribution < -0.4 is 5.32 Å². The van der Waals surface area contributed by atoms with Crippen molar-refractivity contribution >= 4 is 28.1 Å². The van der Waals surface area contributed by atoms with Crippen molar-refractivity contribution in [3.05, 3.63) is 95.9 Å². The van der Waals surface area contributed by atoms with Gasteiger partial charge in [0.2, 0.25) is 0 Å². The lowest BCUT2D eigenvalue weighted by Gasteiger charge is -2.10. The number of anilines is 1. The molecule has 0 saturated heterocycles. The van der Waals surface area contributed by atoms with Crippen LogP contribution in [-0.2, 0) is 0 Å². The highest BCUT2D eigenvalue weighted by Crippen LogP contribution is 2.25. The molecule has 146 valence electrons. The molecule has 5 rings (SSSR count). The second-order valence-electron chi connectivity index (χ2n) is 7.41. The number of carbonyl (C=O) groups excluding carboxylic acids is 1. The minimum Gasteiger partial charge on any atom is -0.322 e. The number of hydrogen-bond donors (Lipinski definition) is 1. The lowest BCUT2D eigenvalue weighted by atomic mass is 10.0. The number of nitrogens with zero attached hydrogens (tertiary/aromatic N) is 3. The molecule has 5 heteroatoms. The van der Waals surface area contributed by atoms with E-state index in [1.165, 1.54) is 0 Å².